The molecule has 0 saturated heterocycles. The van der Waals surface area contributed by atoms with Gasteiger partial charge < -0.3 is 18.9 Å². The number of hydrogen-bond acceptors (Lipinski definition) is 5. The van der Waals surface area contributed by atoms with Crippen LogP contribution in [0.2, 0.25) is 0 Å². The molecule has 0 heterocycles. The smallest absolute Gasteiger partial charge is 0.193 e. The Hall–Kier alpha value is -4.09. The molecule has 2 atom stereocenters. The third kappa shape index (κ3) is 6.12. The number of carbonyl (C=O) groups excluding carboxylic acids is 1. The standard InChI is InChI=1S/C31H30O5/c1-21(33-3)25-7-6-10-30(20-25)36-28-17-13-24(14-18-28)31(32)23-11-15-27(16-12-23)35-22(2)26-8-5-9-29(19-26)34-4/h5-22H,1-4H3/t21-,22?/m0/s1. The zero-order valence-electron chi connectivity index (χ0n) is 20.9. The first-order chi connectivity index (χ1) is 17.5. The zero-order valence-corrected chi connectivity index (χ0v) is 20.9. The fraction of sp³-hybridized carbons (Fsp3) is 0.194. The van der Waals surface area contributed by atoms with E-state index in [0.29, 0.717) is 28.4 Å². The fourth-order valence-electron chi connectivity index (χ4n) is 3.80. The summed E-state index contributed by atoms with van der Waals surface area (Å²) in [6.07, 6.45) is -0.178. The van der Waals surface area contributed by atoms with E-state index in [1.165, 1.54) is 0 Å². The molecule has 36 heavy (non-hydrogen) atoms. The Morgan fingerprint density at radius 2 is 1.14 bits per heavy atom. The molecule has 0 fully saturated rings. The van der Waals surface area contributed by atoms with Crippen LogP contribution in [0.5, 0.6) is 23.0 Å². The van der Waals surface area contributed by atoms with Gasteiger partial charge in [-0.1, -0.05) is 24.3 Å². The molecule has 0 radical (unpaired) electrons. The Bertz CT molecular complexity index is 1300. The molecule has 5 nitrogen and oxygen atoms in total. The van der Waals surface area contributed by atoms with Crippen LogP contribution in [-0.4, -0.2) is 20.0 Å². The van der Waals surface area contributed by atoms with E-state index in [0.717, 1.165) is 16.9 Å². The average molecular weight is 483 g/mol. The molecule has 0 bridgehead atoms. The van der Waals surface area contributed by atoms with Crippen LogP contribution in [0.25, 0.3) is 0 Å². The second-order valence-corrected chi connectivity index (χ2v) is 8.47. The van der Waals surface area contributed by atoms with Gasteiger partial charge in [0, 0.05) is 18.2 Å². The summed E-state index contributed by atoms with van der Waals surface area (Å²) in [5, 5.41) is 0. The van der Waals surface area contributed by atoms with Gasteiger partial charge in [-0.15, -0.1) is 0 Å². The predicted molar refractivity (Wildman–Crippen MR) is 140 cm³/mol. The van der Waals surface area contributed by atoms with E-state index in [1.807, 2.05) is 74.5 Å². The summed E-state index contributed by atoms with van der Waals surface area (Å²) >= 11 is 0. The largest absolute Gasteiger partial charge is 0.497 e. The lowest BCUT2D eigenvalue weighted by atomic mass is 10.0. The van der Waals surface area contributed by atoms with E-state index in [2.05, 4.69) is 0 Å². The highest BCUT2D eigenvalue weighted by molar-refractivity contribution is 6.09. The van der Waals surface area contributed by atoms with Crippen LogP contribution in [0.15, 0.2) is 97.1 Å². The highest BCUT2D eigenvalue weighted by Crippen LogP contribution is 2.27. The predicted octanol–water partition coefficient (Wildman–Crippen LogP) is 7.57. The molecule has 4 aromatic carbocycles. The molecule has 0 N–H and O–H groups in total. The average Bonchev–Trinajstić information content (AvgIpc) is 2.93. The first kappa shape index (κ1) is 25.0. The second kappa shape index (κ2) is 11.6. The van der Waals surface area contributed by atoms with E-state index in [4.69, 9.17) is 18.9 Å². The van der Waals surface area contributed by atoms with Crippen molar-refractivity contribution in [3.8, 4) is 23.0 Å². The lowest BCUT2D eigenvalue weighted by molar-refractivity contribution is 0.103. The Kier molecular flexibility index (Phi) is 8.03. The molecule has 0 aliphatic rings. The van der Waals surface area contributed by atoms with E-state index in [-0.39, 0.29) is 18.0 Å². The Labute approximate surface area is 212 Å². The molecule has 0 aliphatic carbocycles. The van der Waals surface area contributed by atoms with Gasteiger partial charge in [0.2, 0.25) is 0 Å². The molecule has 184 valence electrons. The lowest BCUT2D eigenvalue weighted by Gasteiger charge is -2.16. The van der Waals surface area contributed by atoms with Crippen molar-refractivity contribution < 1.29 is 23.7 Å². The van der Waals surface area contributed by atoms with Gasteiger partial charge in [-0.3, -0.25) is 4.79 Å². The van der Waals surface area contributed by atoms with Crippen molar-refractivity contribution in [2.45, 2.75) is 26.1 Å². The van der Waals surface area contributed by atoms with Crippen molar-refractivity contribution in [1.82, 2.24) is 0 Å². The minimum absolute atomic E-state index is 0.0181. The SMILES string of the molecule is COc1cccc(C(C)Oc2ccc(C(=O)c3ccc(Oc4cccc([C@H](C)OC)c4)cc3)cc2)c1. The highest BCUT2D eigenvalue weighted by atomic mass is 16.5. The maximum atomic E-state index is 13.0. The zero-order chi connectivity index (χ0) is 25.5. The molecular weight excluding hydrogens is 452 g/mol. The Morgan fingerprint density at radius 3 is 1.72 bits per heavy atom. The first-order valence-corrected chi connectivity index (χ1v) is 11.8. The molecule has 1 unspecified atom stereocenters. The van der Waals surface area contributed by atoms with Crippen LogP contribution in [0, 0.1) is 0 Å². The van der Waals surface area contributed by atoms with Gasteiger partial charge >= 0.3 is 0 Å². The minimum atomic E-state index is -0.160. The first-order valence-electron chi connectivity index (χ1n) is 11.8. The van der Waals surface area contributed by atoms with E-state index in [1.54, 1.807) is 50.6 Å². The van der Waals surface area contributed by atoms with Crippen LogP contribution < -0.4 is 14.2 Å². The van der Waals surface area contributed by atoms with Gasteiger partial charge in [-0.25, -0.2) is 0 Å². The van der Waals surface area contributed by atoms with Crippen molar-refractivity contribution in [2.24, 2.45) is 0 Å². The number of methoxy groups -OCH3 is 2. The second-order valence-electron chi connectivity index (χ2n) is 8.47. The molecule has 5 heteroatoms. The summed E-state index contributed by atoms with van der Waals surface area (Å²) in [5.41, 5.74) is 3.22. The highest BCUT2D eigenvalue weighted by Gasteiger charge is 2.12. The normalized spacial score (nSPS) is 12.4. The lowest BCUT2D eigenvalue weighted by Crippen LogP contribution is -2.04. The van der Waals surface area contributed by atoms with Crippen LogP contribution >= 0.6 is 0 Å². The van der Waals surface area contributed by atoms with Gasteiger partial charge in [-0.2, -0.15) is 0 Å². The van der Waals surface area contributed by atoms with E-state index >= 15 is 0 Å². The summed E-state index contributed by atoms with van der Waals surface area (Å²) in [6.45, 7) is 3.96. The molecule has 4 rings (SSSR count). The monoisotopic (exact) mass is 482 g/mol. The third-order valence-corrected chi connectivity index (χ3v) is 6.03. The quantitative estimate of drug-likeness (QED) is 0.218. The number of ether oxygens (including phenoxy) is 4. The number of benzene rings is 4. The maximum Gasteiger partial charge on any atom is 0.193 e. The van der Waals surface area contributed by atoms with Gasteiger partial charge in [0.05, 0.1) is 13.2 Å². The minimum Gasteiger partial charge on any atom is -0.497 e. The van der Waals surface area contributed by atoms with Crippen molar-refractivity contribution in [2.75, 3.05) is 14.2 Å². The molecular formula is C31H30O5. The van der Waals surface area contributed by atoms with E-state index in [9.17, 15) is 4.79 Å². The number of rotatable bonds is 10. The summed E-state index contributed by atoms with van der Waals surface area (Å²) in [6, 6.07) is 29.9. The Balaban J connectivity index is 1.39. The number of hydrogen-bond donors (Lipinski definition) is 0. The number of ketones is 1. The molecule has 0 aliphatic heterocycles. The van der Waals surface area contributed by atoms with Crippen molar-refractivity contribution in [3.05, 3.63) is 119 Å². The van der Waals surface area contributed by atoms with Crippen LogP contribution in [-0.2, 0) is 4.74 Å². The van der Waals surface area contributed by atoms with Crippen LogP contribution in [0.1, 0.15) is 53.1 Å². The summed E-state index contributed by atoms with van der Waals surface area (Å²) in [4.78, 5) is 13.0. The summed E-state index contributed by atoms with van der Waals surface area (Å²) in [5.74, 6) is 2.79. The van der Waals surface area contributed by atoms with Crippen molar-refractivity contribution >= 4 is 5.78 Å². The van der Waals surface area contributed by atoms with Crippen LogP contribution in [0.3, 0.4) is 0 Å². The van der Waals surface area contributed by atoms with Gasteiger partial charge in [-0.05, 0) is 97.8 Å². The van der Waals surface area contributed by atoms with Gasteiger partial charge in [0.15, 0.2) is 5.78 Å². The van der Waals surface area contributed by atoms with Crippen molar-refractivity contribution in [1.29, 1.82) is 0 Å². The van der Waals surface area contributed by atoms with Crippen molar-refractivity contribution in [3.63, 3.8) is 0 Å². The van der Waals surface area contributed by atoms with Crippen LogP contribution in [0.4, 0.5) is 0 Å². The molecule has 4 aromatic rings. The van der Waals surface area contributed by atoms with Gasteiger partial charge in [0.1, 0.15) is 29.1 Å². The van der Waals surface area contributed by atoms with E-state index < -0.39 is 0 Å². The maximum absolute atomic E-state index is 13.0. The molecule has 0 saturated carbocycles. The topological polar surface area (TPSA) is 54.0 Å². The fourth-order valence-corrected chi connectivity index (χ4v) is 3.80. The molecule has 0 spiro atoms. The molecule has 0 amide bonds. The number of carbonyl (C=O) groups is 1. The van der Waals surface area contributed by atoms with Gasteiger partial charge in [0.25, 0.3) is 0 Å². The summed E-state index contributed by atoms with van der Waals surface area (Å²) < 4.78 is 22.7. The Morgan fingerprint density at radius 1 is 0.611 bits per heavy atom. The third-order valence-electron chi connectivity index (χ3n) is 6.03. The summed E-state index contributed by atoms with van der Waals surface area (Å²) in [7, 11) is 3.32. The molecule has 0 aromatic heterocycles.